The highest BCUT2D eigenvalue weighted by Gasteiger charge is 2.14. The van der Waals surface area contributed by atoms with Crippen LogP contribution >= 0.6 is 0 Å². The number of nitrogens with one attached hydrogen (secondary N) is 1. The van der Waals surface area contributed by atoms with Gasteiger partial charge in [-0.1, -0.05) is 48.5 Å². The summed E-state index contributed by atoms with van der Waals surface area (Å²) in [6, 6.07) is 18.4. The molecule has 0 spiro atoms. The molecule has 3 aromatic rings. The minimum Gasteiger partial charge on any atom is -0.508 e. The fourth-order valence-corrected chi connectivity index (χ4v) is 2.78. The summed E-state index contributed by atoms with van der Waals surface area (Å²) in [6.45, 7) is 0.0700. The molecule has 3 rings (SSSR count). The summed E-state index contributed by atoms with van der Waals surface area (Å²) in [5.74, 6) is -2.45. The third-order valence-corrected chi connectivity index (χ3v) is 4.04. The molecular weight excluding hydrogens is 336 g/mol. The maximum atomic E-state index is 13.7. The molecule has 3 aromatic carbocycles. The molecule has 0 aromatic heterocycles. The normalized spacial score (nSPS) is 10.5. The monoisotopic (exact) mass is 353 g/mol. The van der Waals surface area contributed by atoms with Crippen LogP contribution in [0.2, 0.25) is 0 Å². The van der Waals surface area contributed by atoms with Crippen LogP contribution in [0.4, 0.5) is 8.78 Å². The molecule has 0 atom stereocenters. The first kappa shape index (κ1) is 17.6. The summed E-state index contributed by atoms with van der Waals surface area (Å²) in [5.41, 5.74) is 2.02. The van der Waals surface area contributed by atoms with Gasteiger partial charge in [-0.15, -0.1) is 0 Å². The number of halogens is 2. The summed E-state index contributed by atoms with van der Waals surface area (Å²) in [7, 11) is 0. The van der Waals surface area contributed by atoms with E-state index in [1.54, 1.807) is 12.1 Å². The first-order valence-electron chi connectivity index (χ1n) is 8.16. The van der Waals surface area contributed by atoms with Crippen LogP contribution in [0, 0.1) is 11.6 Å². The molecule has 132 valence electrons. The molecule has 0 bridgehead atoms. The Bertz CT molecular complexity index is 903. The lowest BCUT2D eigenvalue weighted by atomic mass is 9.99. The summed E-state index contributed by atoms with van der Waals surface area (Å²) in [4.78, 5) is 12.5. The highest BCUT2D eigenvalue weighted by atomic mass is 19.1. The summed E-state index contributed by atoms with van der Waals surface area (Å²) in [5, 5.41) is 11.9. The Kier molecular flexibility index (Phi) is 5.27. The lowest BCUT2D eigenvalue weighted by Gasteiger charge is -2.11. The van der Waals surface area contributed by atoms with E-state index in [1.165, 1.54) is 0 Å². The van der Waals surface area contributed by atoms with Gasteiger partial charge in [0.1, 0.15) is 17.4 Å². The predicted molar refractivity (Wildman–Crippen MR) is 95.9 cm³/mol. The standard InChI is InChI=1S/C21H17F2NO2/c22-19-12-15(25)13-20(23)18(19)10-11-24-21(26)17-9-5-4-8-16(17)14-6-2-1-3-7-14/h1-9,12-13,25H,10-11H2,(H,24,26). The van der Waals surface area contributed by atoms with Crippen LogP contribution in [-0.2, 0) is 6.42 Å². The zero-order valence-corrected chi connectivity index (χ0v) is 13.9. The van der Waals surface area contributed by atoms with Gasteiger partial charge < -0.3 is 10.4 Å². The first-order chi connectivity index (χ1) is 12.6. The van der Waals surface area contributed by atoms with Gasteiger partial charge in [-0.3, -0.25) is 4.79 Å². The first-order valence-corrected chi connectivity index (χ1v) is 8.16. The quantitative estimate of drug-likeness (QED) is 0.718. The van der Waals surface area contributed by atoms with Gasteiger partial charge in [-0.2, -0.15) is 0 Å². The largest absolute Gasteiger partial charge is 0.508 e. The maximum Gasteiger partial charge on any atom is 0.251 e. The highest BCUT2D eigenvalue weighted by molar-refractivity contribution is 6.00. The number of hydrogen-bond donors (Lipinski definition) is 2. The van der Waals surface area contributed by atoms with Crippen molar-refractivity contribution >= 4 is 5.91 Å². The van der Waals surface area contributed by atoms with Crippen molar-refractivity contribution in [2.24, 2.45) is 0 Å². The molecule has 2 N–H and O–H groups in total. The van der Waals surface area contributed by atoms with Crippen molar-refractivity contribution in [3.05, 3.63) is 89.5 Å². The van der Waals surface area contributed by atoms with Gasteiger partial charge in [0.2, 0.25) is 0 Å². The fourth-order valence-electron chi connectivity index (χ4n) is 2.78. The molecular formula is C21H17F2NO2. The fraction of sp³-hybridized carbons (Fsp3) is 0.0952. The van der Waals surface area contributed by atoms with Crippen molar-refractivity contribution in [3.63, 3.8) is 0 Å². The number of benzene rings is 3. The lowest BCUT2D eigenvalue weighted by Crippen LogP contribution is -2.26. The second-order valence-electron chi connectivity index (χ2n) is 5.81. The molecule has 0 aliphatic carbocycles. The minimum atomic E-state index is -0.832. The zero-order chi connectivity index (χ0) is 18.5. The van der Waals surface area contributed by atoms with Gasteiger partial charge in [0.25, 0.3) is 5.91 Å². The van der Waals surface area contributed by atoms with E-state index in [-0.39, 0.29) is 24.4 Å². The molecule has 3 nitrogen and oxygen atoms in total. The van der Waals surface area contributed by atoms with Crippen LogP contribution in [-0.4, -0.2) is 17.6 Å². The van der Waals surface area contributed by atoms with Crippen LogP contribution < -0.4 is 5.32 Å². The second kappa shape index (κ2) is 7.78. The minimum absolute atomic E-state index is 0.0167. The molecule has 1 amide bonds. The van der Waals surface area contributed by atoms with Crippen molar-refractivity contribution in [1.82, 2.24) is 5.32 Å². The van der Waals surface area contributed by atoms with E-state index in [9.17, 15) is 13.6 Å². The van der Waals surface area contributed by atoms with E-state index in [1.807, 2.05) is 42.5 Å². The summed E-state index contributed by atoms with van der Waals surface area (Å²) in [6.07, 6.45) is -0.0167. The van der Waals surface area contributed by atoms with Gasteiger partial charge in [0, 0.05) is 29.8 Å². The van der Waals surface area contributed by atoms with Crippen molar-refractivity contribution in [3.8, 4) is 16.9 Å². The molecule has 0 saturated heterocycles. The molecule has 0 saturated carbocycles. The van der Waals surface area contributed by atoms with E-state index in [0.29, 0.717) is 5.56 Å². The smallest absolute Gasteiger partial charge is 0.251 e. The van der Waals surface area contributed by atoms with Crippen molar-refractivity contribution < 1.29 is 18.7 Å². The molecule has 5 heteroatoms. The molecule has 0 aliphatic rings. The molecule has 26 heavy (non-hydrogen) atoms. The van der Waals surface area contributed by atoms with Crippen LogP contribution in [0.3, 0.4) is 0 Å². The van der Waals surface area contributed by atoms with E-state index < -0.39 is 17.4 Å². The van der Waals surface area contributed by atoms with Crippen LogP contribution in [0.5, 0.6) is 5.75 Å². The van der Waals surface area contributed by atoms with Crippen molar-refractivity contribution in [2.75, 3.05) is 6.54 Å². The van der Waals surface area contributed by atoms with Crippen LogP contribution in [0.15, 0.2) is 66.7 Å². The Hall–Kier alpha value is -3.21. The highest BCUT2D eigenvalue weighted by Crippen LogP contribution is 2.23. The van der Waals surface area contributed by atoms with Crippen LogP contribution in [0.25, 0.3) is 11.1 Å². The van der Waals surface area contributed by atoms with Crippen LogP contribution in [0.1, 0.15) is 15.9 Å². The Morgan fingerprint density at radius 2 is 1.54 bits per heavy atom. The second-order valence-corrected chi connectivity index (χ2v) is 5.81. The van der Waals surface area contributed by atoms with Gasteiger partial charge >= 0.3 is 0 Å². The van der Waals surface area contributed by atoms with Crippen molar-refractivity contribution in [1.29, 1.82) is 0 Å². The summed E-state index contributed by atoms with van der Waals surface area (Å²) < 4.78 is 27.5. The number of carbonyl (C=O) groups is 1. The van der Waals surface area contributed by atoms with Gasteiger partial charge in [-0.05, 0) is 23.6 Å². The number of aromatic hydroxyl groups is 1. The predicted octanol–water partition coefficient (Wildman–Crippen LogP) is 4.31. The molecule has 0 unspecified atom stereocenters. The Labute approximate surface area is 149 Å². The van der Waals surface area contributed by atoms with E-state index in [2.05, 4.69) is 5.32 Å². The molecule has 0 radical (unpaired) electrons. The zero-order valence-electron chi connectivity index (χ0n) is 13.9. The maximum absolute atomic E-state index is 13.7. The molecule has 0 fully saturated rings. The SMILES string of the molecule is O=C(NCCc1c(F)cc(O)cc1F)c1ccccc1-c1ccccc1. The number of carbonyl (C=O) groups excluding carboxylic acids is 1. The summed E-state index contributed by atoms with van der Waals surface area (Å²) >= 11 is 0. The number of hydrogen-bond acceptors (Lipinski definition) is 2. The van der Waals surface area contributed by atoms with Gasteiger partial charge in [0.05, 0.1) is 0 Å². The number of amides is 1. The topological polar surface area (TPSA) is 49.3 Å². The average molecular weight is 353 g/mol. The molecule has 0 aliphatic heterocycles. The number of phenols is 1. The van der Waals surface area contributed by atoms with E-state index >= 15 is 0 Å². The van der Waals surface area contributed by atoms with E-state index in [4.69, 9.17) is 5.11 Å². The third-order valence-electron chi connectivity index (χ3n) is 4.04. The Balaban J connectivity index is 1.72. The van der Waals surface area contributed by atoms with Crippen molar-refractivity contribution in [2.45, 2.75) is 6.42 Å². The van der Waals surface area contributed by atoms with Gasteiger partial charge in [0.15, 0.2) is 0 Å². The Morgan fingerprint density at radius 1 is 0.923 bits per heavy atom. The average Bonchev–Trinajstić information content (AvgIpc) is 2.64. The van der Waals surface area contributed by atoms with E-state index in [0.717, 1.165) is 23.3 Å². The molecule has 0 heterocycles. The van der Waals surface area contributed by atoms with Gasteiger partial charge in [-0.25, -0.2) is 8.78 Å². The number of phenolic OH excluding ortho intramolecular Hbond substituents is 1. The third kappa shape index (κ3) is 3.88. The number of rotatable bonds is 5. The lowest BCUT2D eigenvalue weighted by molar-refractivity contribution is 0.0954. The Morgan fingerprint density at radius 3 is 2.23 bits per heavy atom.